The number of rotatable bonds is 4. The maximum Gasteiger partial charge on any atom is 0.416 e. The van der Waals surface area contributed by atoms with Gasteiger partial charge in [-0.05, 0) is 42.8 Å². The number of carbonyl (C=O) groups is 1. The number of allylic oxidation sites excluding steroid dienone is 3. The molecule has 7 heteroatoms. The minimum absolute atomic E-state index is 0.000937. The zero-order chi connectivity index (χ0) is 18.6. The normalized spacial score (nSPS) is 17.6. The molecule has 0 fully saturated rings. The summed E-state index contributed by atoms with van der Waals surface area (Å²) in [5, 5.41) is 5.97. The quantitative estimate of drug-likeness (QED) is 0.864. The minimum atomic E-state index is -4.47. The van der Waals surface area contributed by atoms with E-state index in [1.807, 2.05) is 23.1 Å². The second-order valence-corrected chi connectivity index (χ2v) is 6.13. The first-order valence-corrected chi connectivity index (χ1v) is 8.42. The van der Waals surface area contributed by atoms with Gasteiger partial charge in [0.2, 0.25) is 0 Å². The third kappa shape index (κ3) is 4.35. The first kappa shape index (κ1) is 18.3. The highest BCUT2D eigenvalue weighted by Gasteiger charge is 2.31. The summed E-state index contributed by atoms with van der Waals surface area (Å²) in [4.78, 5) is 14.3. The molecule has 2 aliphatic heterocycles. The fraction of sp³-hybridized carbons (Fsp3) is 0.316. The number of alkyl halides is 3. The minimum Gasteiger partial charge on any atom is -0.350 e. The van der Waals surface area contributed by atoms with Gasteiger partial charge < -0.3 is 15.5 Å². The van der Waals surface area contributed by atoms with E-state index in [4.69, 9.17) is 0 Å². The van der Waals surface area contributed by atoms with Crippen LogP contribution in [0.5, 0.6) is 0 Å². The Morgan fingerprint density at radius 1 is 1.31 bits per heavy atom. The SMILES string of the molecule is O=C(NCN1CC=CC=C1C1=CCNCC1)c1cccc(C(F)(F)F)c1. The highest BCUT2D eigenvalue weighted by Crippen LogP contribution is 2.29. The van der Waals surface area contributed by atoms with Gasteiger partial charge in [-0.2, -0.15) is 13.2 Å². The number of hydrogen-bond donors (Lipinski definition) is 2. The molecule has 26 heavy (non-hydrogen) atoms. The largest absolute Gasteiger partial charge is 0.416 e. The maximum atomic E-state index is 12.8. The van der Waals surface area contributed by atoms with E-state index >= 15 is 0 Å². The molecule has 138 valence electrons. The summed E-state index contributed by atoms with van der Waals surface area (Å²) in [6, 6.07) is 4.45. The van der Waals surface area contributed by atoms with Gasteiger partial charge in [0.25, 0.3) is 5.91 Å². The van der Waals surface area contributed by atoms with E-state index in [2.05, 4.69) is 16.7 Å². The molecular weight excluding hydrogens is 343 g/mol. The van der Waals surface area contributed by atoms with E-state index in [0.717, 1.165) is 37.3 Å². The molecule has 1 aromatic carbocycles. The van der Waals surface area contributed by atoms with Gasteiger partial charge in [0.05, 0.1) is 12.2 Å². The molecule has 2 heterocycles. The molecule has 0 saturated heterocycles. The van der Waals surface area contributed by atoms with Crippen LogP contribution in [-0.4, -0.2) is 37.1 Å². The topological polar surface area (TPSA) is 44.4 Å². The lowest BCUT2D eigenvalue weighted by Crippen LogP contribution is -2.39. The Morgan fingerprint density at radius 2 is 2.15 bits per heavy atom. The second kappa shape index (κ2) is 7.78. The van der Waals surface area contributed by atoms with E-state index in [1.165, 1.54) is 17.7 Å². The Balaban J connectivity index is 1.66. The summed E-state index contributed by atoms with van der Waals surface area (Å²) in [6.45, 7) is 2.58. The molecule has 0 atom stereocenters. The van der Waals surface area contributed by atoms with Crippen molar-refractivity contribution in [3.05, 3.63) is 71.0 Å². The molecule has 0 unspecified atom stereocenters. The molecule has 0 aromatic heterocycles. The fourth-order valence-corrected chi connectivity index (χ4v) is 2.97. The Labute approximate surface area is 150 Å². The second-order valence-electron chi connectivity index (χ2n) is 6.13. The van der Waals surface area contributed by atoms with Crippen molar-refractivity contribution in [2.75, 3.05) is 26.3 Å². The number of amides is 1. The summed E-state index contributed by atoms with van der Waals surface area (Å²) >= 11 is 0. The van der Waals surface area contributed by atoms with Gasteiger partial charge in [-0.25, -0.2) is 0 Å². The molecule has 1 aromatic rings. The van der Waals surface area contributed by atoms with Gasteiger partial charge in [-0.3, -0.25) is 4.79 Å². The standard InChI is InChI=1S/C19H20F3N3O/c20-19(21,22)16-5-3-4-15(12-16)18(26)24-13-25-11-2-1-6-17(25)14-7-9-23-10-8-14/h1-7,12,23H,8-11,13H2,(H,24,26). The smallest absolute Gasteiger partial charge is 0.350 e. The van der Waals surface area contributed by atoms with Crippen LogP contribution in [-0.2, 0) is 6.18 Å². The van der Waals surface area contributed by atoms with E-state index in [0.29, 0.717) is 6.54 Å². The van der Waals surface area contributed by atoms with Crippen molar-refractivity contribution in [3.63, 3.8) is 0 Å². The lowest BCUT2D eigenvalue weighted by atomic mass is 10.0. The molecule has 3 rings (SSSR count). The van der Waals surface area contributed by atoms with Crippen molar-refractivity contribution in [1.82, 2.24) is 15.5 Å². The Kier molecular flexibility index (Phi) is 5.46. The Hall–Kier alpha value is -2.54. The zero-order valence-electron chi connectivity index (χ0n) is 14.1. The van der Waals surface area contributed by atoms with Crippen molar-refractivity contribution in [2.24, 2.45) is 0 Å². The van der Waals surface area contributed by atoms with Gasteiger partial charge in [0.1, 0.15) is 0 Å². The van der Waals surface area contributed by atoms with E-state index in [-0.39, 0.29) is 12.2 Å². The third-order valence-corrected chi connectivity index (χ3v) is 4.33. The molecule has 0 saturated carbocycles. The van der Waals surface area contributed by atoms with Gasteiger partial charge in [0, 0.05) is 24.4 Å². The number of halogens is 3. The first-order chi connectivity index (χ1) is 12.4. The van der Waals surface area contributed by atoms with Crippen LogP contribution in [0.15, 0.2) is 59.8 Å². The van der Waals surface area contributed by atoms with Crippen molar-refractivity contribution in [2.45, 2.75) is 12.6 Å². The predicted octanol–water partition coefficient (Wildman–Crippen LogP) is 3.07. The molecule has 4 nitrogen and oxygen atoms in total. The van der Waals surface area contributed by atoms with Gasteiger partial charge in [0.15, 0.2) is 0 Å². The van der Waals surface area contributed by atoms with Crippen molar-refractivity contribution >= 4 is 5.91 Å². The van der Waals surface area contributed by atoms with E-state index in [1.54, 1.807) is 0 Å². The Morgan fingerprint density at radius 3 is 2.88 bits per heavy atom. The average Bonchev–Trinajstić information content (AvgIpc) is 2.66. The number of benzene rings is 1. The predicted molar refractivity (Wildman–Crippen MR) is 93.3 cm³/mol. The Bertz CT molecular complexity index is 766. The average molecular weight is 363 g/mol. The number of nitrogens with zero attached hydrogens (tertiary/aromatic N) is 1. The van der Waals surface area contributed by atoms with Gasteiger partial charge in [-0.15, -0.1) is 0 Å². The molecule has 0 radical (unpaired) electrons. The lowest BCUT2D eigenvalue weighted by Gasteiger charge is -2.31. The van der Waals surface area contributed by atoms with Gasteiger partial charge >= 0.3 is 6.18 Å². The molecule has 0 bridgehead atoms. The van der Waals surface area contributed by atoms with Crippen LogP contribution in [0.25, 0.3) is 0 Å². The van der Waals surface area contributed by atoms with Crippen molar-refractivity contribution < 1.29 is 18.0 Å². The number of nitrogens with one attached hydrogen (secondary N) is 2. The number of hydrogen-bond acceptors (Lipinski definition) is 3. The summed E-state index contributed by atoms with van der Waals surface area (Å²) in [7, 11) is 0. The van der Waals surface area contributed by atoms with Crippen LogP contribution in [0.2, 0.25) is 0 Å². The number of carbonyl (C=O) groups excluding carboxylic acids is 1. The molecule has 0 aliphatic carbocycles. The van der Waals surface area contributed by atoms with Crippen LogP contribution in [0.4, 0.5) is 13.2 Å². The first-order valence-electron chi connectivity index (χ1n) is 8.42. The molecule has 2 aliphatic rings. The van der Waals surface area contributed by atoms with Crippen LogP contribution >= 0.6 is 0 Å². The highest BCUT2D eigenvalue weighted by molar-refractivity contribution is 5.94. The molecule has 2 N–H and O–H groups in total. The van der Waals surface area contributed by atoms with Crippen LogP contribution in [0, 0.1) is 0 Å². The molecular formula is C19H20F3N3O. The van der Waals surface area contributed by atoms with Gasteiger partial charge in [-0.1, -0.05) is 24.3 Å². The lowest BCUT2D eigenvalue weighted by molar-refractivity contribution is -0.137. The summed E-state index contributed by atoms with van der Waals surface area (Å²) in [5.41, 5.74) is 1.42. The summed E-state index contributed by atoms with van der Waals surface area (Å²) in [5.74, 6) is -0.524. The van der Waals surface area contributed by atoms with E-state index in [9.17, 15) is 18.0 Å². The highest BCUT2D eigenvalue weighted by atomic mass is 19.4. The van der Waals surface area contributed by atoms with Crippen LogP contribution in [0.1, 0.15) is 22.3 Å². The van der Waals surface area contributed by atoms with Crippen LogP contribution in [0.3, 0.4) is 0 Å². The molecule has 1 amide bonds. The monoisotopic (exact) mass is 363 g/mol. The zero-order valence-corrected chi connectivity index (χ0v) is 14.1. The maximum absolute atomic E-state index is 12.8. The van der Waals surface area contributed by atoms with Crippen LogP contribution < -0.4 is 10.6 Å². The van der Waals surface area contributed by atoms with Crippen molar-refractivity contribution in [3.8, 4) is 0 Å². The van der Waals surface area contributed by atoms with Crippen molar-refractivity contribution in [1.29, 1.82) is 0 Å². The summed E-state index contributed by atoms with van der Waals surface area (Å²) in [6.07, 6.45) is 4.50. The molecule has 0 spiro atoms. The summed E-state index contributed by atoms with van der Waals surface area (Å²) < 4.78 is 38.4. The van der Waals surface area contributed by atoms with E-state index < -0.39 is 17.6 Å². The third-order valence-electron chi connectivity index (χ3n) is 4.33. The fourth-order valence-electron chi connectivity index (χ4n) is 2.97.